The predicted molar refractivity (Wildman–Crippen MR) is 82.2 cm³/mol. The highest BCUT2D eigenvalue weighted by molar-refractivity contribution is 5.28. The summed E-state index contributed by atoms with van der Waals surface area (Å²) in [5, 5.41) is 3.35. The second kappa shape index (κ2) is 7.86. The van der Waals surface area contributed by atoms with E-state index in [4.69, 9.17) is 13.9 Å². The molecule has 1 heterocycles. The summed E-state index contributed by atoms with van der Waals surface area (Å²) in [4.78, 5) is 0. The van der Waals surface area contributed by atoms with E-state index in [1.165, 1.54) is 0 Å². The Morgan fingerprint density at radius 2 is 2.05 bits per heavy atom. The van der Waals surface area contributed by atoms with E-state index < -0.39 is 0 Å². The van der Waals surface area contributed by atoms with Crippen LogP contribution in [0.1, 0.15) is 30.7 Å². The lowest BCUT2D eigenvalue weighted by molar-refractivity contribution is 0.105. The molecular formula is C17H23NO3. The highest BCUT2D eigenvalue weighted by Gasteiger charge is 2.07. The van der Waals surface area contributed by atoms with Gasteiger partial charge in [0.25, 0.3) is 0 Å². The normalized spacial score (nSPS) is 11.0. The number of hydrogen-bond acceptors (Lipinski definition) is 4. The summed E-state index contributed by atoms with van der Waals surface area (Å²) in [5.74, 6) is 1.79. The van der Waals surface area contributed by atoms with Crippen molar-refractivity contribution in [3.05, 3.63) is 53.5 Å². The minimum Gasteiger partial charge on any atom is -0.497 e. The number of hydrogen-bond donors (Lipinski definition) is 1. The molecule has 21 heavy (non-hydrogen) atoms. The molecular weight excluding hydrogens is 266 g/mol. The lowest BCUT2D eigenvalue weighted by atomic mass is 10.2. The Balaban J connectivity index is 1.84. The van der Waals surface area contributed by atoms with Crippen molar-refractivity contribution in [3.8, 4) is 5.75 Å². The first kappa shape index (κ1) is 15.6. The van der Waals surface area contributed by atoms with Crippen LogP contribution in [-0.2, 0) is 24.5 Å². The van der Waals surface area contributed by atoms with Crippen molar-refractivity contribution in [2.45, 2.75) is 39.6 Å². The van der Waals surface area contributed by atoms with Crippen molar-refractivity contribution < 1.29 is 13.9 Å². The van der Waals surface area contributed by atoms with Gasteiger partial charge in [0, 0.05) is 11.6 Å². The maximum atomic E-state index is 5.77. The van der Waals surface area contributed by atoms with Crippen LogP contribution in [0.5, 0.6) is 5.75 Å². The Bertz CT molecular complexity index is 548. The maximum absolute atomic E-state index is 5.77. The van der Waals surface area contributed by atoms with Gasteiger partial charge in [-0.15, -0.1) is 0 Å². The standard InChI is InChI=1S/C17H23NO3/c1-13(2)18-10-17-15(7-8-21-17)12-20-11-14-5-4-6-16(9-14)19-3/h4-9,13,18H,10-12H2,1-3H3. The molecule has 0 aliphatic rings. The predicted octanol–water partition coefficient (Wildman–Crippen LogP) is 3.50. The van der Waals surface area contributed by atoms with E-state index in [9.17, 15) is 0 Å². The molecule has 0 saturated heterocycles. The summed E-state index contributed by atoms with van der Waals surface area (Å²) >= 11 is 0. The van der Waals surface area contributed by atoms with E-state index in [1.54, 1.807) is 13.4 Å². The molecule has 2 aromatic rings. The Morgan fingerprint density at radius 1 is 1.19 bits per heavy atom. The monoisotopic (exact) mass is 289 g/mol. The molecule has 0 unspecified atom stereocenters. The number of furan rings is 1. The van der Waals surface area contributed by atoms with Gasteiger partial charge in [-0.1, -0.05) is 26.0 Å². The maximum Gasteiger partial charge on any atom is 0.123 e. The molecule has 1 N–H and O–H groups in total. The third-order valence-electron chi connectivity index (χ3n) is 3.17. The first-order valence-electron chi connectivity index (χ1n) is 7.18. The van der Waals surface area contributed by atoms with Crippen LogP contribution < -0.4 is 10.1 Å². The average molecular weight is 289 g/mol. The van der Waals surface area contributed by atoms with Crippen molar-refractivity contribution in [2.75, 3.05) is 7.11 Å². The van der Waals surface area contributed by atoms with Crippen LogP contribution in [0.3, 0.4) is 0 Å². The molecule has 1 aromatic heterocycles. The summed E-state index contributed by atoms with van der Waals surface area (Å²) in [6.45, 7) is 6.05. The second-order valence-corrected chi connectivity index (χ2v) is 5.25. The largest absolute Gasteiger partial charge is 0.497 e. The minimum atomic E-state index is 0.431. The lowest BCUT2D eigenvalue weighted by Gasteiger charge is -2.09. The van der Waals surface area contributed by atoms with Gasteiger partial charge in [0.15, 0.2) is 0 Å². The van der Waals surface area contributed by atoms with Crippen LogP contribution in [0.15, 0.2) is 41.0 Å². The molecule has 4 nitrogen and oxygen atoms in total. The number of benzene rings is 1. The van der Waals surface area contributed by atoms with E-state index in [0.717, 1.165) is 29.2 Å². The zero-order valence-electron chi connectivity index (χ0n) is 12.9. The van der Waals surface area contributed by atoms with Crippen molar-refractivity contribution in [2.24, 2.45) is 0 Å². The minimum absolute atomic E-state index is 0.431. The molecule has 0 spiro atoms. The SMILES string of the molecule is COc1cccc(COCc2ccoc2CNC(C)C)c1. The number of ether oxygens (including phenoxy) is 2. The van der Waals surface area contributed by atoms with Gasteiger partial charge in [0.05, 0.1) is 33.1 Å². The quantitative estimate of drug-likeness (QED) is 0.807. The fraction of sp³-hybridized carbons (Fsp3) is 0.412. The van der Waals surface area contributed by atoms with Crippen LogP contribution in [0.25, 0.3) is 0 Å². The Hall–Kier alpha value is -1.78. The molecule has 114 valence electrons. The third kappa shape index (κ3) is 4.92. The fourth-order valence-corrected chi connectivity index (χ4v) is 1.99. The zero-order valence-corrected chi connectivity index (χ0v) is 12.9. The average Bonchev–Trinajstić information content (AvgIpc) is 2.93. The molecule has 0 saturated carbocycles. The van der Waals surface area contributed by atoms with Crippen LogP contribution in [0.2, 0.25) is 0 Å². The highest BCUT2D eigenvalue weighted by atomic mass is 16.5. The van der Waals surface area contributed by atoms with E-state index in [1.807, 2.05) is 30.3 Å². The van der Waals surface area contributed by atoms with Gasteiger partial charge < -0.3 is 19.2 Å². The van der Waals surface area contributed by atoms with Gasteiger partial charge in [-0.25, -0.2) is 0 Å². The van der Waals surface area contributed by atoms with Gasteiger partial charge in [-0.05, 0) is 23.8 Å². The molecule has 0 amide bonds. The van der Waals surface area contributed by atoms with Crippen LogP contribution in [0, 0.1) is 0 Å². The van der Waals surface area contributed by atoms with E-state index >= 15 is 0 Å². The summed E-state index contributed by atoms with van der Waals surface area (Å²) in [6.07, 6.45) is 1.71. The topological polar surface area (TPSA) is 43.6 Å². The Morgan fingerprint density at radius 3 is 2.81 bits per heavy atom. The molecule has 0 aliphatic carbocycles. The molecule has 0 aliphatic heterocycles. The van der Waals surface area contributed by atoms with E-state index in [0.29, 0.717) is 19.3 Å². The summed E-state index contributed by atoms with van der Waals surface area (Å²) in [6, 6.07) is 10.3. The highest BCUT2D eigenvalue weighted by Crippen LogP contribution is 2.16. The molecule has 4 heteroatoms. The van der Waals surface area contributed by atoms with Crippen LogP contribution in [-0.4, -0.2) is 13.2 Å². The third-order valence-corrected chi connectivity index (χ3v) is 3.17. The molecule has 0 atom stereocenters. The Kier molecular flexibility index (Phi) is 5.84. The molecule has 1 aromatic carbocycles. The van der Waals surface area contributed by atoms with Crippen molar-refractivity contribution in [3.63, 3.8) is 0 Å². The number of rotatable bonds is 8. The molecule has 0 bridgehead atoms. The molecule has 2 rings (SSSR count). The number of methoxy groups -OCH3 is 1. The van der Waals surface area contributed by atoms with Gasteiger partial charge >= 0.3 is 0 Å². The molecule has 0 fully saturated rings. The van der Waals surface area contributed by atoms with Crippen LogP contribution in [0.4, 0.5) is 0 Å². The summed E-state index contributed by atoms with van der Waals surface area (Å²) < 4.78 is 16.5. The van der Waals surface area contributed by atoms with Crippen LogP contribution >= 0.6 is 0 Å². The van der Waals surface area contributed by atoms with Gasteiger partial charge in [0.1, 0.15) is 11.5 Å². The van der Waals surface area contributed by atoms with E-state index in [-0.39, 0.29) is 0 Å². The lowest BCUT2D eigenvalue weighted by Crippen LogP contribution is -2.22. The van der Waals surface area contributed by atoms with Gasteiger partial charge in [0.2, 0.25) is 0 Å². The summed E-state index contributed by atoms with van der Waals surface area (Å²) in [5.41, 5.74) is 2.19. The van der Waals surface area contributed by atoms with Gasteiger partial charge in [-0.3, -0.25) is 0 Å². The Labute approximate surface area is 126 Å². The van der Waals surface area contributed by atoms with Crippen molar-refractivity contribution in [1.82, 2.24) is 5.32 Å². The smallest absolute Gasteiger partial charge is 0.123 e. The first-order chi connectivity index (χ1) is 10.2. The first-order valence-corrected chi connectivity index (χ1v) is 7.18. The fourth-order valence-electron chi connectivity index (χ4n) is 1.99. The van der Waals surface area contributed by atoms with Gasteiger partial charge in [-0.2, -0.15) is 0 Å². The zero-order chi connectivity index (χ0) is 15.1. The van der Waals surface area contributed by atoms with Crippen molar-refractivity contribution >= 4 is 0 Å². The van der Waals surface area contributed by atoms with Crippen molar-refractivity contribution in [1.29, 1.82) is 0 Å². The second-order valence-electron chi connectivity index (χ2n) is 5.25. The summed E-state index contributed by atoms with van der Waals surface area (Å²) in [7, 11) is 1.67. The number of nitrogens with one attached hydrogen (secondary N) is 1. The molecule has 0 radical (unpaired) electrons. The van der Waals surface area contributed by atoms with E-state index in [2.05, 4.69) is 19.2 Å².